The van der Waals surface area contributed by atoms with Crippen LogP contribution in [0.1, 0.15) is 44.6 Å². The number of rotatable bonds is 6. The predicted molar refractivity (Wildman–Crippen MR) is 88.1 cm³/mol. The quantitative estimate of drug-likeness (QED) is 0.865. The number of nitrogens with one attached hydrogen (secondary N) is 1. The fourth-order valence-corrected chi connectivity index (χ4v) is 4.23. The van der Waals surface area contributed by atoms with Crippen LogP contribution < -0.4 is 5.32 Å². The van der Waals surface area contributed by atoms with Crippen LogP contribution >= 0.6 is 0 Å². The Bertz CT molecular complexity index is 639. The van der Waals surface area contributed by atoms with Crippen LogP contribution in [-0.4, -0.2) is 26.1 Å². The number of hydrogen-bond donors (Lipinski definition) is 1. The molecule has 2 rings (SSSR count). The van der Waals surface area contributed by atoms with Gasteiger partial charge in [-0.1, -0.05) is 37.5 Å². The highest BCUT2D eigenvalue weighted by molar-refractivity contribution is 7.92. The van der Waals surface area contributed by atoms with Gasteiger partial charge in [0, 0.05) is 12.1 Å². The Labute approximate surface area is 137 Å². The van der Waals surface area contributed by atoms with Gasteiger partial charge in [0.1, 0.15) is 11.1 Å². The van der Waals surface area contributed by atoms with E-state index in [2.05, 4.69) is 5.32 Å². The lowest BCUT2D eigenvalue weighted by Crippen LogP contribution is -2.40. The van der Waals surface area contributed by atoms with Crippen molar-refractivity contribution in [2.75, 3.05) is 6.54 Å². The number of hydrogen-bond acceptors (Lipinski definition) is 3. The van der Waals surface area contributed by atoms with Crippen molar-refractivity contribution in [1.82, 2.24) is 5.32 Å². The van der Waals surface area contributed by atoms with Gasteiger partial charge in [-0.05, 0) is 31.7 Å². The molecule has 1 saturated carbocycles. The minimum atomic E-state index is -3.74. The summed E-state index contributed by atoms with van der Waals surface area (Å²) >= 11 is 0. The smallest absolute Gasteiger partial charge is 0.238 e. The summed E-state index contributed by atoms with van der Waals surface area (Å²) in [4.78, 5) is 12.1. The zero-order valence-corrected chi connectivity index (χ0v) is 14.2. The largest absolute Gasteiger partial charge is 0.355 e. The average molecular weight is 341 g/mol. The molecule has 1 aromatic carbocycles. The van der Waals surface area contributed by atoms with Gasteiger partial charge >= 0.3 is 0 Å². The number of carbonyl (C=O) groups is 1. The summed E-state index contributed by atoms with van der Waals surface area (Å²) in [5.74, 6) is -1.08. The summed E-state index contributed by atoms with van der Waals surface area (Å²) in [5, 5.41) is 1.57. The highest BCUT2D eigenvalue weighted by Crippen LogP contribution is 2.23. The highest BCUT2D eigenvalue weighted by atomic mass is 32.2. The van der Waals surface area contributed by atoms with Gasteiger partial charge in [-0.2, -0.15) is 0 Å². The number of carbonyl (C=O) groups excluding carboxylic acids is 1. The van der Waals surface area contributed by atoms with E-state index < -0.39 is 32.6 Å². The molecule has 0 aromatic heterocycles. The van der Waals surface area contributed by atoms with Crippen molar-refractivity contribution in [1.29, 1.82) is 0 Å². The molecule has 1 fully saturated rings. The Balaban J connectivity index is 1.93. The average Bonchev–Trinajstić information content (AvgIpc) is 2.55. The topological polar surface area (TPSA) is 63.2 Å². The van der Waals surface area contributed by atoms with E-state index >= 15 is 0 Å². The first-order chi connectivity index (χ1) is 10.9. The van der Waals surface area contributed by atoms with Gasteiger partial charge in [-0.15, -0.1) is 0 Å². The molecule has 128 valence electrons. The standard InChI is InChI=1S/C17H24FNO3S/c1-13(17(20)19-11-14-7-3-2-4-8-14)23(21,22)12-15-9-5-6-10-16(15)18/h5-6,9-10,13-14H,2-4,7-8,11-12H2,1H3,(H,19,20)/t13-/m1/s1. The molecule has 0 bridgehead atoms. The Kier molecular flexibility index (Phi) is 6.16. The van der Waals surface area contributed by atoms with Crippen LogP contribution in [0.2, 0.25) is 0 Å². The number of benzene rings is 1. The first-order valence-corrected chi connectivity index (χ1v) is 9.84. The first-order valence-electron chi connectivity index (χ1n) is 8.13. The van der Waals surface area contributed by atoms with Crippen LogP contribution in [0.5, 0.6) is 0 Å². The SMILES string of the molecule is C[C@H](C(=O)NCC1CCCCC1)S(=O)(=O)Cc1ccccc1F. The summed E-state index contributed by atoms with van der Waals surface area (Å²) in [6.45, 7) is 1.89. The van der Waals surface area contributed by atoms with Crippen LogP contribution in [0.3, 0.4) is 0 Å². The molecule has 0 heterocycles. The summed E-state index contributed by atoms with van der Waals surface area (Å²) in [5.41, 5.74) is 0.0967. The van der Waals surface area contributed by atoms with Gasteiger partial charge < -0.3 is 5.32 Å². The highest BCUT2D eigenvalue weighted by Gasteiger charge is 2.29. The monoisotopic (exact) mass is 341 g/mol. The van der Waals surface area contributed by atoms with Gasteiger partial charge in [-0.25, -0.2) is 12.8 Å². The zero-order chi connectivity index (χ0) is 16.9. The van der Waals surface area contributed by atoms with Crippen molar-refractivity contribution in [3.05, 3.63) is 35.6 Å². The van der Waals surface area contributed by atoms with Crippen molar-refractivity contribution < 1.29 is 17.6 Å². The van der Waals surface area contributed by atoms with Gasteiger partial charge in [-0.3, -0.25) is 4.79 Å². The molecule has 1 atom stereocenters. The lowest BCUT2D eigenvalue weighted by molar-refractivity contribution is -0.120. The fourth-order valence-electron chi connectivity index (χ4n) is 2.90. The molecular weight excluding hydrogens is 317 g/mol. The molecule has 23 heavy (non-hydrogen) atoms. The molecule has 1 aromatic rings. The van der Waals surface area contributed by atoms with E-state index in [4.69, 9.17) is 0 Å². The summed E-state index contributed by atoms with van der Waals surface area (Å²) < 4.78 is 38.2. The lowest BCUT2D eigenvalue weighted by atomic mass is 9.89. The van der Waals surface area contributed by atoms with E-state index in [-0.39, 0.29) is 5.56 Å². The second-order valence-corrected chi connectivity index (χ2v) is 8.61. The summed E-state index contributed by atoms with van der Waals surface area (Å²) in [6.07, 6.45) is 5.73. The zero-order valence-electron chi connectivity index (χ0n) is 13.4. The Morgan fingerprint density at radius 3 is 2.57 bits per heavy atom. The van der Waals surface area contributed by atoms with E-state index in [1.54, 1.807) is 6.07 Å². The van der Waals surface area contributed by atoms with Crippen LogP contribution in [0.25, 0.3) is 0 Å². The lowest BCUT2D eigenvalue weighted by Gasteiger charge is -2.22. The molecule has 1 N–H and O–H groups in total. The molecular formula is C17H24FNO3S. The maximum Gasteiger partial charge on any atom is 0.238 e. The Morgan fingerprint density at radius 1 is 1.26 bits per heavy atom. The Hall–Kier alpha value is -1.43. The molecule has 1 amide bonds. The van der Waals surface area contributed by atoms with Crippen molar-refractivity contribution in [3.63, 3.8) is 0 Å². The summed E-state index contributed by atoms with van der Waals surface area (Å²) in [6, 6.07) is 5.74. The van der Waals surface area contributed by atoms with Crippen LogP contribution in [0, 0.1) is 11.7 Å². The van der Waals surface area contributed by atoms with Gasteiger partial charge in [0.15, 0.2) is 9.84 Å². The van der Waals surface area contributed by atoms with Crippen molar-refractivity contribution in [2.24, 2.45) is 5.92 Å². The maximum absolute atomic E-state index is 13.6. The molecule has 1 aliphatic rings. The first kappa shape index (κ1) is 17.9. The second kappa shape index (κ2) is 7.90. The Morgan fingerprint density at radius 2 is 1.91 bits per heavy atom. The van der Waals surface area contributed by atoms with E-state index in [1.165, 1.54) is 44.4 Å². The molecule has 0 unspecified atom stereocenters. The van der Waals surface area contributed by atoms with E-state index in [0.29, 0.717) is 12.5 Å². The fraction of sp³-hybridized carbons (Fsp3) is 0.588. The second-order valence-electron chi connectivity index (χ2n) is 6.29. The van der Waals surface area contributed by atoms with Crippen LogP contribution in [-0.2, 0) is 20.4 Å². The summed E-state index contributed by atoms with van der Waals surface area (Å²) in [7, 11) is -3.74. The number of amides is 1. The van der Waals surface area contributed by atoms with E-state index in [0.717, 1.165) is 12.8 Å². The van der Waals surface area contributed by atoms with Gasteiger partial charge in [0.2, 0.25) is 5.91 Å². The number of halogens is 1. The molecule has 0 aliphatic heterocycles. The molecule has 0 spiro atoms. The minimum Gasteiger partial charge on any atom is -0.355 e. The minimum absolute atomic E-state index is 0.0967. The predicted octanol–water partition coefficient (Wildman–Crippen LogP) is 2.83. The molecule has 4 nitrogen and oxygen atoms in total. The van der Waals surface area contributed by atoms with Gasteiger partial charge in [0.25, 0.3) is 0 Å². The normalized spacial score (nSPS) is 17.7. The van der Waals surface area contributed by atoms with Gasteiger partial charge in [0.05, 0.1) is 5.75 Å². The van der Waals surface area contributed by atoms with E-state index in [1.807, 2.05) is 0 Å². The third-order valence-electron chi connectivity index (χ3n) is 4.51. The molecule has 0 radical (unpaired) electrons. The van der Waals surface area contributed by atoms with E-state index in [9.17, 15) is 17.6 Å². The maximum atomic E-state index is 13.6. The molecule has 6 heteroatoms. The number of sulfone groups is 1. The van der Waals surface area contributed by atoms with Crippen molar-refractivity contribution in [3.8, 4) is 0 Å². The van der Waals surface area contributed by atoms with Crippen LogP contribution in [0.15, 0.2) is 24.3 Å². The van der Waals surface area contributed by atoms with Crippen molar-refractivity contribution in [2.45, 2.75) is 50.0 Å². The third kappa shape index (κ3) is 5.03. The van der Waals surface area contributed by atoms with Crippen molar-refractivity contribution >= 4 is 15.7 Å². The van der Waals surface area contributed by atoms with Crippen LogP contribution in [0.4, 0.5) is 4.39 Å². The molecule has 1 aliphatic carbocycles. The third-order valence-corrected chi connectivity index (χ3v) is 6.52. The molecule has 0 saturated heterocycles.